The molecule has 3 nitrogen and oxygen atoms in total. The molecule has 0 bridgehead atoms. The zero-order chi connectivity index (χ0) is 15.2. The van der Waals surface area contributed by atoms with Gasteiger partial charge in [0.15, 0.2) is 0 Å². The third-order valence-electron chi connectivity index (χ3n) is 3.47. The van der Waals surface area contributed by atoms with E-state index in [1.54, 1.807) is 4.90 Å². The van der Waals surface area contributed by atoms with Crippen LogP contribution in [0.3, 0.4) is 0 Å². The van der Waals surface area contributed by atoms with Gasteiger partial charge in [-0.1, -0.05) is 48.6 Å². The van der Waals surface area contributed by atoms with E-state index < -0.39 is 0 Å². The van der Waals surface area contributed by atoms with Crippen LogP contribution in [0.15, 0.2) is 60.0 Å². The normalized spacial score (nSPS) is 17.1. The highest BCUT2D eigenvalue weighted by Crippen LogP contribution is 2.23. The Morgan fingerprint density at radius 3 is 2.76 bits per heavy atom. The maximum absolute atomic E-state index is 12.0. The highest BCUT2D eigenvalue weighted by molar-refractivity contribution is 5.72. The molecule has 1 saturated heterocycles. The molecule has 1 heterocycles. The van der Waals surface area contributed by atoms with Gasteiger partial charge in [0.05, 0.1) is 11.7 Å². The molecule has 2 rings (SSSR count). The smallest absolute Gasteiger partial charge is 0.414 e. The van der Waals surface area contributed by atoms with Crippen molar-refractivity contribution in [3.05, 3.63) is 65.6 Å². The molecule has 3 heteroatoms. The van der Waals surface area contributed by atoms with Gasteiger partial charge in [0.1, 0.15) is 6.61 Å². The average molecular weight is 283 g/mol. The van der Waals surface area contributed by atoms with Crippen molar-refractivity contribution in [1.29, 1.82) is 0 Å². The molecule has 1 aliphatic heterocycles. The minimum absolute atomic E-state index is 0.00899. The summed E-state index contributed by atoms with van der Waals surface area (Å²) in [6, 6.07) is 10.1. The average Bonchev–Trinajstić information content (AvgIpc) is 2.82. The summed E-state index contributed by atoms with van der Waals surface area (Å²) in [6.07, 6.45) is 3.18. The number of ether oxygens (including phenoxy) is 1. The largest absolute Gasteiger partial charge is 0.447 e. The number of carbonyl (C=O) groups is 1. The number of hydrogen-bond donors (Lipinski definition) is 0. The van der Waals surface area contributed by atoms with E-state index in [4.69, 9.17) is 4.74 Å². The fraction of sp³-hybridized carbons (Fsp3) is 0.333. The quantitative estimate of drug-likeness (QED) is 0.602. The van der Waals surface area contributed by atoms with Crippen molar-refractivity contribution in [3.63, 3.8) is 0 Å². The molecule has 0 aromatic heterocycles. The first-order chi connectivity index (χ1) is 10.1. The molecule has 0 unspecified atom stereocenters. The highest BCUT2D eigenvalue weighted by Gasteiger charge is 2.35. The van der Waals surface area contributed by atoms with Crippen LogP contribution in [0, 0.1) is 0 Å². The Kier molecular flexibility index (Phi) is 5.02. The lowest BCUT2D eigenvalue weighted by Crippen LogP contribution is -2.34. The number of nitrogens with zero attached hydrogens (tertiary/aromatic N) is 1. The van der Waals surface area contributed by atoms with Crippen LogP contribution in [0.2, 0.25) is 0 Å². The summed E-state index contributed by atoms with van der Waals surface area (Å²) in [5.74, 6) is 0. The van der Waals surface area contributed by atoms with Gasteiger partial charge in [-0.05, 0) is 25.8 Å². The van der Waals surface area contributed by atoms with E-state index in [9.17, 15) is 4.79 Å². The zero-order valence-corrected chi connectivity index (χ0v) is 12.6. The summed E-state index contributed by atoms with van der Waals surface area (Å²) in [5, 5.41) is 0. The molecule has 1 aromatic rings. The van der Waals surface area contributed by atoms with Crippen molar-refractivity contribution in [3.8, 4) is 0 Å². The van der Waals surface area contributed by atoms with Crippen molar-refractivity contribution >= 4 is 6.09 Å². The number of hydrogen-bond acceptors (Lipinski definition) is 2. The third kappa shape index (κ3) is 3.87. The van der Waals surface area contributed by atoms with Gasteiger partial charge < -0.3 is 4.74 Å². The minimum Gasteiger partial charge on any atom is -0.447 e. The summed E-state index contributed by atoms with van der Waals surface area (Å²) < 4.78 is 5.22. The van der Waals surface area contributed by atoms with Gasteiger partial charge in [0, 0.05) is 6.42 Å². The first-order valence-corrected chi connectivity index (χ1v) is 7.14. The van der Waals surface area contributed by atoms with Gasteiger partial charge in [0.2, 0.25) is 0 Å². The van der Waals surface area contributed by atoms with Crippen LogP contribution in [0.5, 0.6) is 0 Å². The second-order valence-electron chi connectivity index (χ2n) is 5.40. The van der Waals surface area contributed by atoms with Crippen LogP contribution >= 0.6 is 0 Å². The lowest BCUT2D eigenvalue weighted by molar-refractivity contribution is 0.164. The number of amides is 1. The molecule has 0 spiro atoms. The second kappa shape index (κ2) is 6.96. The van der Waals surface area contributed by atoms with E-state index in [0.29, 0.717) is 13.0 Å². The van der Waals surface area contributed by atoms with E-state index >= 15 is 0 Å². The molecular formula is C18H21NO2. The topological polar surface area (TPSA) is 29.5 Å². The second-order valence-corrected chi connectivity index (χ2v) is 5.40. The monoisotopic (exact) mass is 283 g/mol. The van der Waals surface area contributed by atoms with Gasteiger partial charge in [-0.25, -0.2) is 4.79 Å². The number of rotatable bonds is 5. The molecule has 0 saturated carbocycles. The fourth-order valence-electron chi connectivity index (χ4n) is 2.38. The van der Waals surface area contributed by atoms with Gasteiger partial charge in [0.25, 0.3) is 0 Å². The number of cyclic esters (lactones) is 1. The van der Waals surface area contributed by atoms with Crippen LogP contribution in [-0.2, 0) is 11.2 Å². The van der Waals surface area contributed by atoms with Gasteiger partial charge in [-0.3, -0.25) is 4.90 Å². The summed E-state index contributed by atoms with van der Waals surface area (Å²) in [5.41, 5.74) is 6.06. The zero-order valence-electron chi connectivity index (χ0n) is 12.6. The Labute approximate surface area is 126 Å². The third-order valence-corrected chi connectivity index (χ3v) is 3.47. The first kappa shape index (κ1) is 15.1. The Bertz CT molecular complexity index is 578. The van der Waals surface area contributed by atoms with E-state index in [1.165, 1.54) is 11.1 Å². The van der Waals surface area contributed by atoms with Crippen LogP contribution in [0.25, 0.3) is 0 Å². The lowest BCUT2D eigenvalue weighted by Gasteiger charge is -2.22. The summed E-state index contributed by atoms with van der Waals surface area (Å²) in [7, 11) is 0. The minimum atomic E-state index is -0.302. The van der Waals surface area contributed by atoms with Crippen molar-refractivity contribution in [2.75, 3.05) is 6.61 Å². The Morgan fingerprint density at radius 1 is 1.43 bits per heavy atom. The Hall–Kier alpha value is -2.25. The summed E-state index contributed by atoms with van der Waals surface area (Å²) in [6.45, 7) is 8.19. The van der Waals surface area contributed by atoms with E-state index in [-0.39, 0.29) is 12.1 Å². The number of carbonyl (C=O) groups excluding carboxylic acids is 1. The molecule has 21 heavy (non-hydrogen) atoms. The Morgan fingerprint density at radius 2 is 2.14 bits per heavy atom. The van der Waals surface area contributed by atoms with Gasteiger partial charge >= 0.3 is 6.09 Å². The standard InChI is InChI=1S/C18H21NO2/c1-4-16(11-10-14(2)3)19-17(13-21-18(19)20)12-15-8-6-5-7-9-15/h5-10,17H,1,11-13H2,2-3H3/t17-/m1/s1. The molecule has 1 fully saturated rings. The number of allylic oxidation sites excluding steroid dienone is 2. The van der Waals surface area contributed by atoms with E-state index in [2.05, 4.69) is 30.5 Å². The predicted molar refractivity (Wildman–Crippen MR) is 83.8 cm³/mol. The molecule has 1 aromatic carbocycles. The molecule has 1 amide bonds. The number of benzene rings is 1. The molecule has 0 radical (unpaired) electrons. The van der Waals surface area contributed by atoms with Crippen LogP contribution in [0.4, 0.5) is 4.79 Å². The van der Waals surface area contributed by atoms with Crippen LogP contribution < -0.4 is 0 Å². The van der Waals surface area contributed by atoms with Crippen LogP contribution in [-0.4, -0.2) is 23.6 Å². The predicted octanol–water partition coefficient (Wildman–Crippen LogP) is 4.08. The first-order valence-electron chi connectivity index (χ1n) is 7.14. The lowest BCUT2D eigenvalue weighted by atomic mass is 10.0. The molecule has 0 aliphatic carbocycles. The maximum atomic E-state index is 12.0. The molecule has 0 N–H and O–H groups in total. The van der Waals surface area contributed by atoms with Gasteiger partial charge in [-0.2, -0.15) is 0 Å². The van der Waals surface area contributed by atoms with Gasteiger partial charge in [-0.15, -0.1) is 5.73 Å². The molecular weight excluding hydrogens is 262 g/mol. The highest BCUT2D eigenvalue weighted by atomic mass is 16.6. The van der Waals surface area contributed by atoms with Crippen LogP contribution in [0.1, 0.15) is 25.8 Å². The molecule has 110 valence electrons. The molecule has 1 aliphatic rings. The Balaban J connectivity index is 2.16. The SMILES string of the molecule is C=C=C(CC=C(C)C)N1C(=O)OC[C@H]1Cc1ccccc1. The molecule has 1 atom stereocenters. The van der Waals surface area contributed by atoms with E-state index in [1.807, 2.05) is 32.0 Å². The van der Waals surface area contributed by atoms with Crippen molar-refractivity contribution in [2.45, 2.75) is 32.7 Å². The summed E-state index contributed by atoms with van der Waals surface area (Å²) in [4.78, 5) is 13.7. The van der Waals surface area contributed by atoms with Crippen molar-refractivity contribution in [1.82, 2.24) is 4.90 Å². The van der Waals surface area contributed by atoms with Crippen molar-refractivity contribution < 1.29 is 9.53 Å². The maximum Gasteiger partial charge on any atom is 0.414 e. The summed E-state index contributed by atoms with van der Waals surface area (Å²) >= 11 is 0. The fourth-order valence-corrected chi connectivity index (χ4v) is 2.38. The van der Waals surface area contributed by atoms with E-state index in [0.717, 1.165) is 12.1 Å². The van der Waals surface area contributed by atoms with Crippen molar-refractivity contribution in [2.24, 2.45) is 0 Å².